The summed E-state index contributed by atoms with van der Waals surface area (Å²) in [7, 11) is 0. The molecule has 0 amide bonds. The van der Waals surface area contributed by atoms with E-state index < -0.39 is 0 Å². The van der Waals surface area contributed by atoms with Gasteiger partial charge in [-0.15, -0.1) is 0 Å². The molecule has 0 atom stereocenters. The Kier molecular flexibility index (Phi) is 3.84. The fraction of sp³-hybridized carbons (Fsp3) is 0.667. The first-order chi connectivity index (χ1) is 3.80. The van der Waals surface area contributed by atoms with Crippen LogP contribution in [0.15, 0.2) is 11.5 Å². The second kappa shape index (κ2) is 3.87. The van der Waals surface area contributed by atoms with Crippen molar-refractivity contribution in [3.8, 4) is 0 Å². The third-order valence-corrected chi connectivity index (χ3v) is 1.28. The number of allylic oxidation sites excluding steroid dienone is 1. The van der Waals surface area contributed by atoms with Crippen LogP contribution in [0.1, 0.15) is 19.8 Å². The SMILES string of the molecule is CC1=C([O-])OCCC1.[Li+]. The zero-order valence-electron chi connectivity index (χ0n) is 5.94. The van der Waals surface area contributed by atoms with E-state index in [1.54, 1.807) is 0 Å². The maximum atomic E-state index is 10.5. The van der Waals surface area contributed by atoms with Gasteiger partial charge in [-0.3, -0.25) is 0 Å². The van der Waals surface area contributed by atoms with Gasteiger partial charge in [-0.25, -0.2) is 0 Å². The van der Waals surface area contributed by atoms with Crippen molar-refractivity contribution in [2.75, 3.05) is 6.61 Å². The van der Waals surface area contributed by atoms with Gasteiger partial charge in [0.1, 0.15) is 0 Å². The quantitative estimate of drug-likeness (QED) is 0.328. The van der Waals surface area contributed by atoms with Crippen LogP contribution in [-0.4, -0.2) is 6.61 Å². The molecule has 0 spiro atoms. The van der Waals surface area contributed by atoms with Gasteiger partial charge in [0, 0.05) is 0 Å². The van der Waals surface area contributed by atoms with Gasteiger partial charge in [0.2, 0.25) is 0 Å². The van der Waals surface area contributed by atoms with E-state index in [4.69, 9.17) is 4.74 Å². The second-order valence-corrected chi connectivity index (χ2v) is 2.02. The van der Waals surface area contributed by atoms with Gasteiger partial charge in [0.15, 0.2) is 0 Å². The molecular weight excluding hydrogens is 111 g/mol. The number of hydrogen-bond donors (Lipinski definition) is 0. The van der Waals surface area contributed by atoms with Crippen LogP contribution in [0.4, 0.5) is 0 Å². The minimum Gasteiger partial charge on any atom is -0.613 e. The monoisotopic (exact) mass is 120 g/mol. The molecule has 0 saturated carbocycles. The van der Waals surface area contributed by atoms with Crippen molar-refractivity contribution in [1.82, 2.24) is 0 Å². The van der Waals surface area contributed by atoms with Crippen LogP contribution in [0.25, 0.3) is 0 Å². The van der Waals surface area contributed by atoms with Gasteiger partial charge in [-0.05, 0) is 26.4 Å². The van der Waals surface area contributed by atoms with E-state index in [9.17, 15) is 5.11 Å². The van der Waals surface area contributed by atoms with Crippen molar-refractivity contribution in [3.63, 3.8) is 0 Å². The Morgan fingerprint density at radius 3 is 2.56 bits per heavy atom. The molecule has 1 aliphatic heterocycles. The number of ether oxygens (including phenoxy) is 1. The zero-order chi connectivity index (χ0) is 5.98. The Balaban J connectivity index is 0.000000640. The molecule has 0 aromatic carbocycles. The summed E-state index contributed by atoms with van der Waals surface area (Å²) in [6.07, 6.45) is 1.91. The molecule has 3 heteroatoms. The molecule has 1 heterocycles. The molecular formula is C6H9LiO2. The maximum absolute atomic E-state index is 10.5. The predicted octanol–water partition coefficient (Wildman–Crippen LogP) is -2.61. The molecule has 0 bridgehead atoms. The maximum Gasteiger partial charge on any atom is 1.00 e. The summed E-state index contributed by atoms with van der Waals surface area (Å²) in [4.78, 5) is 0. The van der Waals surface area contributed by atoms with Crippen LogP contribution in [-0.2, 0) is 4.74 Å². The topological polar surface area (TPSA) is 32.3 Å². The molecule has 0 radical (unpaired) electrons. The second-order valence-electron chi connectivity index (χ2n) is 2.02. The summed E-state index contributed by atoms with van der Waals surface area (Å²) in [5, 5.41) is 10.5. The number of rotatable bonds is 0. The van der Waals surface area contributed by atoms with E-state index >= 15 is 0 Å². The van der Waals surface area contributed by atoms with Crippen molar-refractivity contribution in [2.45, 2.75) is 19.8 Å². The smallest absolute Gasteiger partial charge is 0.613 e. The Hall–Kier alpha value is -0.0626. The van der Waals surface area contributed by atoms with Crippen LogP contribution in [0.3, 0.4) is 0 Å². The summed E-state index contributed by atoms with van der Waals surface area (Å²) in [5.41, 5.74) is 0.858. The minimum atomic E-state index is -0.115. The molecule has 0 aliphatic carbocycles. The molecule has 1 rings (SSSR count). The molecule has 46 valence electrons. The van der Waals surface area contributed by atoms with Gasteiger partial charge in [-0.2, -0.15) is 0 Å². The van der Waals surface area contributed by atoms with Crippen LogP contribution in [0, 0.1) is 0 Å². The van der Waals surface area contributed by atoms with Gasteiger partial charge in [0.25, 0.3) is 0 Å². The first kappa shape index (κ1) is 8.94. The van der Waals surface area contributed by atoms with Crippen LogP contribution < -0.4 is 24.0 Å². The van der Waals surface area contributed by atoms with E-state index in [2.05, 4.69) is 0 Å². The van der Waals surface area contributed by atoms with Gasteiger partial charge < -0.3 is 9.84 Å². The summed E-state index contributed by atoms with van der Waals surface area (Å²) >= 11 is 0. The molecule has 0 N–H and O–H groups in total. The molecule has 0 aromatic heterocycles. The molecule has 0 fully saturated rings. The van der Waals surface area contributed by atoms with Crippen LogP contribution in [0.2, 0.25) is 0 Å². The Morgan fingerprint density at radius 2 is 2.22 bits per heavy atom. The van der Waals surface area contributed by atoms with E-state index in [0.717, 1.165) is 18.4 Å². The minimum absolute atomic E-state index is 0. The van der Waals surface area contributed by atoms with Crippen LogP contribution in [0.5, 0.6) is 0 Å². The molecule has 2 nitrogen and oxygen atoms in total. The summed E-state index contributed by atoms with van der Waals surface area (Å²) in [6.45, 7) is 2.43. The first-order valence-electron chi connectivity index (χ1n) is 2.80. The zero-order valence-corrected chi connectivity index (χ0v) is 5.94. The van der Waals surface area contributed by atoms with Crippen LogP contribution >= 0.6 is 0 Å². The predicted molar refractivity (Wildman–Crippen MR) is 27.9 cm³/mol. The average molecular weight is 120 g/mol. The number of hydrogen-bond acceptors (Lipinski definition) is 2. The standard InChI is InChI=1S/C6H10O2.Li/c1-5-3-2-4-8-6(5)7;/h7H,2-4H2,1H3;/q;+1/p-1. The van der Waals surface area contributed by atoms with Gasteiger partial charge in [0.05, 0.1) is 5.95 Å². The third-order valence-electron chi connectivity index (χ3n) is 1.28. The summed E-state index contributed by atoms with van der Waals surface area (Å²) in [6, 6.07) is 0. The van der Waals surface area contributed by atoms with E-state index in [0.29, 0.717) is 6.61 Å². The molecule has 9 heavy (non-hydrogen) atoms. The first-order valence-corrected chi connectivity index (χ1v) is 2.80. The summed E-state index contributed by atoms with van der Waals surface area (Å²) in [5.74, 6) is -0.115. The molecule has 0 unspecified atom stereocenters. The fourth-order valence-corrected chi connectivity index (χ4v) is 0.727. The van der Waals surface area contributed by atoms with Gasteiger partial charge in [-0.1, -0.05) is 5.57 Å². The normalized spacial score (nSPS) is 18.3. The van der Waals surface area contributed by atoms with E-state index in [1.165, 1.54) is 0 Å². The van der Waals surface area contributed by atoms with Crippen molar-refractivity contribution >= 4 is 0 Å². The Morgan fingerprint density at radius 1 is 1.56 bits per heavy atom. The van der Waals surface area contributed by atoms with Crippen molar-refractivity contribution in [1.29, 1.82) is 0 Å². The molecule has 1 aliphatic rings. The van der Waals surface area contributed by atoms with Crippen molar-refractivity contribution < 1.29 is 28.7 Å². The fourth-order valence-electron chi connectivity index (χ4n) is 0.727. The van der Waals surface area contributed by atoms with E-state index in [-0.39, 0.29) is 24.8 Å². The molecule has 0 aromatic rings. The summed E-state index contributed by atoms with van der Waals surface area (Å²) < 4.78 is 4.71. The largest absolute Gasteiger partial charge is 1.00 e. The van der Waals surface area contributed by atoms with Gasteiger partial charge >= 0.3 is 18.9 Å². The average Bonchev–Trinajstić information content (AvgIpc) is 1.77. The third kappa shape index (κ3) is 2.34. The Labute approximate surface area is 67.1 Å². The van der Waals surface area contributed by atoms with Crippen molar-refractivity contribution in [3.05, 3.63) is 11.5 Å². The van der Waals surface area contributed by atoms with Crippen molar-refractivity contribution in [2.24, 2.45) is 0 Å². The van der Waals surface area contributed by atoms with E-state index in [1.807, 2.05) is 6.92 Å². The molecule has 0 saturated heterocycles. The Bertz CT molecular complexity index is 106.